The lowest BCUT2D eigenvalue weighted by atomic mass is 10.1. The number of rotatable bonds is 6. The minimum Gasteiger partial charge on any atom is -0.478 e. The van der Waals surface area contributed by atoms with Crippen LogP contribution < -0.4 is 4.90 Å². The van der Waals surface area contributed by atoms with Gasteiger partial charge in [0.15, 0.2) is 0 Å². The second kappa shape index (κ2) is 6.25. The Hall–Kier alpha value is -1.55. The van der Waals surface area contributed by atoms with Crippen LogP contribution in [0.1, 0.15) is 29.3 Å². The van der Waals surface area contributed by atoms with Gasteiger partial charge in [-0.1, -0.05) is 13.0 Å². The summed E-state index contributed by atoms with van der Waals surface area (Å²) in [6.07, 6.45) is 0.910. The molecular formula is C13H19NO3. The number of hydrogen-bond donors (Lipinski definition) is 2. The van der Waals surface area contributed by atoms with Crippen LogP contribution in [0.4, 0.5) is 5.69 Å². The molecule has 0 amide bonds. The average Bonchev–Trinajstić information content (AvgIpc) is 2.28. The number of aliphatic hydroxyl groups is 1. The number of aromatic carboxylic acids is 1. The zero-order valence-corrected chi connectivity index (χ0v) is 10.3. The van der Waals surface area contributed by atoms with Gasteiger partial charge in [0.25, 0.3) is 0 Å². The van der Waals surface area contributed by atoms with Crippen LogP contribution in [0.5, 0.6) is 0 Å². The maximum Gasteiger partial charge on any atom is 0.337 e. The second-order valence-electron chi connectivity index (χ2n) is 4.04. The lowest BCUT2D eigenvalue weighted by Gasteiger charge is -2.25. The maximum absolute atomic E-state index is 11.2. The van der Waals surface area contributed by atoms with Crippen molar-refractivity contribution in [2.75, 3.05) is 24.6 Å². The fourth-order valence-corrected chi connectivity index (χ4v) is 1.83. The molecule has 1 aromatic carbocycles. The quantitative estimate of drug-likeness (QED) is 0.793. The molecule has 17 heavy (non-hydrogen) atoms. The summed E-state index contributed by atoms with van der Waals surface area (Å²) in [5, 5.41) is 18.2. The molecule has 2 N–H and O–H groups in total. The normalized spacial score (nSPS) is 10.3. The van der Waals surface area contributed by atoms with E-state index >= 15 is 0 Å². The van der Waals surface area contributed by atoms with Crippen LogP contribution in [0.2, 0.25) is 0 Å². The highest BCUT2D eigenvalue weighted by molar-refractivity contribution is 5.94. The number of aryl methyl sites for hydroxylation is 1. The van der Waals surface area contributed by atoms with E-state index in [4.69, 9.17) is 10.2 Å². The summed E-state index contributed by atoms with van der Waals surface area (Å²) in [5.74, 6) is -0.931. The number of carboxylic acid groups (broad SMARTS) is 1. The number of hydrogen-bond acceptors (Lipinski definition) is 3. The van der Waals surface area contributed by atoms with Crippen molar-refractivity contribution in [1.29, 1.82) is 0 Å². The van der Waals surface area contributed by atoms with E-state index in [1.54, 1.807) is 12.1 Å². The van der Waals surface area contributed by atoms with E-state index in [1.807, 2.05) is 24.8 Å². The average molecular weight is 237 g/mol. The second-order valence-corrected chi connectivity index (χ2v) is 4.04. The van der Waals surface area contributed by atoms with Crippen LogP contribution in [-0.4, -0.2) is 35.9 Å². The number of carboxylic acids is 1. The first-order valence-corrected chi connectivity index (χ1v) is 5.80. The summed E-state index contributed by atoms with van der Waals surface area (Å²) in [6.45, 7) is 5.17. The van der Waals surface area contributed by atoms with Gasteiger partial charge in [-0.25, -0.2) is 4.79 Å². The Labute approximate surface area is 101 Å². The van der Waals surface area contributed by atoms with Crippen molar-refractivity contribution in [3.05, 3.63) is 29.3 Å². The zero-order valence-electron chi connectivity index (χ0n) is 10.3. The van der Waals surface area contributed by atoms with Crippen molar-refractivity contribution in [2.24, 2.45) is 0 Å². The predicted molar refractivity (Wildman–Crippen MR) is 67.7 cm³/mol. The van der Waals surface area contributed by atoms with Crippen molar-refractivity contribution < 1.29 is 15.0 Å². The van der Waals surface area contributed by atoms with E-state index in [9.17, 15) is 4.79 Å². The third kappa shape index (κ3) is 3.46. The molecule has 0 spiro atoms. The van der Waals surface area contributed by atoms with Gasteiger partial charge in [-0.2, -0.15) is 0 Å². The first-order chi connectivity index (χ1) is 8.10. The molecule has 0 aliphatic heterocycles. The summed E-state index contributed by atoms with van der Waals surface area (Å²) in [6, 6.07) is 5.26. The van der Waals surface area contributed by atoms with E-state index in [-0.39, 0.29) is 12.2 Å². The van der Waals surface area contributed by atoms with Crippen molar-refractivity contribution in [3.63, 3.8) is 0 Å². The molecule has 94 valence electrons. The lowest BCUT2D eigenvalue weighted by Crippen LogP contribution is -2.29. The first-order valence-electron chi connectivity index (χ1n) is 5.80. The molecule has 4 heteroatoms. The molecular weight excluding hydrogens is 218 g/mol. The molecule has 0 atom stereocenters. The Bertz CT molecular complexity index is 384. The minimum atomic E-state index is -0.931. The summed E-state index contributed by atoms with van der Waals surface area (Å²) in [5.41, 5.74) is 2.00. The van der Waals surface area contributed by atoms with Gasteiger partial charge in [-0.05, 0) is 31.0 Å². The highest BCUT2D eigenvalue weighted by Gasteiger charge is 2.15. The standard InChI is InChI=1S/C13H19NO3/c1-3-6-14(7-8-15)12-9-10(2)4-5-11(12)13(16)17/h4-5,9,15H,3,6-8H2,1-2H3,(H,16,17). The van der Waals surface area contributed by atoms with Crippen LogP contribution >= 0.6 is 0 Å². The molecule has 0 radical (unpaired) electrons. The molecule has 0 aliphatic rings. The Kier molecular flexibility index (Phi) is 4.97. The Balaban J connectivity index is 3.14. The largest absolute Gasteiger partial charge is 0.478 e. The maximum atomic E-state index is 11.2. The van der Waals surface area contributed by atoms with Crippen LogP contribution in [-0.2, 0) is 0 Å². The topological polar surface area (TPSA) is 60.8 Å². The third-order valence-corrected chi connectivity index (χ3v) is 2.59. The monoisotopic (exact) mass is 237 g/mol. The molecule has 0 unspecified atom stereocenters. The number of benzene rings is 1. The predicted octanol–water partition coefficient (Wildman–Crippen LogP) is 1.90. The van der Waals surface area contributed by atoms with E-state index in [1.165, 1.54) is 0 Å². The summed E-state index contributed by atoms with van der Waals surface area (Å²) in [7, 11) is 0. The van der Waals surface area contributed by atoms with E-state index in [0.29, 0.717) is 12.2 Å². The Morgan fingerprint density at radius 1 is 1.35 bits per heavy atom. The fraction of sp³-hybridized carbons (Fsp3) is 0.462. The molecule has 0 fully saturated rings. The zero-order chi connectivity index (χ0) is 12.8. The smallest absolute Gasteiger partial charge is 0.337 e. The Morgan fingerprint density at radius 3 is 2.59 bits per heavy atom. The van der Waals surface area contributed by atoms with Gasteiger partial charge >= 0.3 is 5.97 Å². The van der Waals surface area contributed by atoms with Crippen LogP contribution in [0.15, 0.2) is 18.2 Å². The first kappa shape index (κ1) is 13.5. The van der Waals surface area contributed by atoms with Gasteiger partial charge in [0.05, 0.1) is 17.9 Å². The van der Waals surface area contributed by atoms with Crippen LogP contribution in [0.3, 0.4) is 0 Å². The van der Waals surface area contributed by atoms with Crippen molar-refractivity contribution in [2.45, 2.75) is 20.3 Å². The summed E-state index contributed by atoms with van der Waals surface area (Å²) < 4.78 is 0. The molecule has 0 saturated carbocycles. The summed E-state index contributed by atoms with van der Waals surface area (Å²) >= 11 is 0. The van der Waals surface area contributed by atoms with Gasteiger partial charge in [0, 0.05) is 13.1 Å². The van der Waals surface area contributed by atoms with Crippen LogP contribution in [0, 0.1) is 6.92 Å². The van der Waals surface area contributed by atoms with Crippen molar-refractivity contribution in [1.82, 2.24) is 0 Å². The number of carbonyl (C=O) groups is 1. The molecule has 0 heterocycles. The van der Waals surface area contributed by atoms with E-state index < -0.39 is 5.97 Å². The van der Waals surface area contributed by atoms with Gasteiger partial charge in [-0.3, -0.25) is 0 Å². The fourth-order valence-electron chi connectivity index (χ4n) is 1.83. The van der Waals surface area contributed by atoms with Crippen molar-refractivity contribution in [3.8, 4) is 0 Å². The summed E-state index contributed by atoms with van der Waals surface area (Å²) in [4.78, 5) is 13.1. The highest BCUT2D eigenvalue weighted by atomic mass is 16.4. The third-order valence-electron chi connectivity index (χ3n) is 2.59. The molecule has 0 aliphatic carbocycles. The molecule has 0 bridgehead atoms. The highest BCUT2D eigenvalue weighted by Crippen LogP contribution is 2.22. The SMILES string of the molecule is CCCN(CCO)c1cc(C)ccc1C(=O)O. The minimum absolute atomic E-state index is 0.0208. The number of anilines is 1. The molecule has 1 rings (SSSR count). The van der Waals surface area contributed by atoms with Gasteiger partial charge in [-0.15, -0.1) is 0 Å². The molecule has 4 nitrogen and oxygen atoms in total. The number of nitrogens with zero attached hydrogens (tertiary/aromatic N) is 1. The molecule has 0 saturated heterocycles. The van der Waals surface area contributed by atoms with E-state index in [0.717, 1.165) is 18.5 Å². The van der Waals surface area contributed by atoms with Gasteiger partial charge in [0.1, 0.15) is 0 Å². The van der Waals surface area contributed by atoms with E-state index in [2.05, 4.69) is 0 Å². The van der Waals surface area contributed by atoms with Crippen molar-refractivity contribution >= 4 is 11.7 Å². The number of aliphatic hydroxyl groups excluding tert-OH is 1. The van der Waals surface area contributed by atoms with Gasteiger partial charge in [0.2, 0.25) is 0 Å². The molecule has 0 aromatic heterocycles. The Morgan fingerprint density at radius 2 is 2.06 bits per heavy atom. The van der Waals surface area contributed by atoms with Gasteiger partial charge < -0.3 is 15.1 Å². The van der Waals surface area contributed by atoms with Crippen LogP contribution in [0.25, 0.3) is 0 Å². The molecule has 1 aromatic rings. The lowest BCUT2D eigenvalue weighted by molar-refractivity contribution is 0.0697.